The molecule has 2 aliphatic rings. The van der Waals surface area contributed by atoms with Crippen LogP contribution in [0.25, 0.3) is 0 Å². The second-order valence-corrected chi connectivity index (χ2v) is 5.89. The van der Waals surface area contributed by atoms with E-state index < -0.39 is 0 Å². The van der Waals surface area contributed by atoms with Gasteiger partial charge in [-0.25, -0.2) is 0 Å². The Balaban J connectivity index is 2.13. The number of aliphatic hydroxyl groups is 1. The Morgan fingerprint density at radius 1 is 1.44 bits per heavy atom. The van der Waals surface area contributed by atoms with E-state index in [1.54, 1.807) is 7.11 Å². The fourth-order valence-corrected chi connectivity index (χ4v) is 3.57. The molecule has 98 valence electrons. The van der Waals surface area contributed by atoms with Crippen molar-refractivity contribution in [1.82, 2.24) is 4.90 Å². The third-order valence-electron chi connectivity index (χ3n) is 4.93. The van der Waals surface area contributed by atoms with Gasteiger partial charge in [-0.05, 0) is 49.7 Å². The number of aliphatic hydroxyl groups excluding tert-OH is 1. The molecular weight excluding hydrogens is 226 g/mol. The maximum absolute atomic E-state index is 10.6. The van der Waals surface area contributed by atoms with Gasteiger partial charge in [-0.1, -0.05) is 13.0 Å². The number of fused-ring (bicyclic) bond motifs is 4. The van der Waals surface area contributed by atoms with E-state index in [2.05, 4.69) is 31.0 Å². The van der Waals surface area contributed by atoms with Crippen LogP contribution in [0.2, 0.25) is 0 Å². The van der Waals surface area contributed by atoms with Gasteiger partial charge in [0.2, 0.25) is 0 Å². The van der Waals surface area contributed by atoms with Crippen molar-refractivity contribution in [1.29, 1.82) is 0 Å². The SMILES string of the molecule is COc1ccc2c(c1)[C@@]1(C)CCN(C)C(C2)[C@H]1O. The minimum Gasteiger partial charge on any atom is -0.497 e. The molecule has 1 fully saturated rings. The van der Waals surface area contributed by atoms with Crippen molar-refractivity contribution in [3.05, 3.63) is 29.3 Å². The van der Waals surface area contributed by atoms with Gasteiger partial charge in [0.1, 0.15) is 5.75 Å². The van der Waals surface area contributed by atoms with Gasteiger partial charge in [0.25, 0.3) is 0 Å². The van der Waals surface area contributed by atoms with E-state index in [0.29, 0.717) is 0 Å². The molecule has 0 aromatic heterocycles. The molecule has 1 aliphatic heterocycles. The molecule has 1 saturated heterocycles. The minimum atomic E-state index is -0.282. The van der Waals surface area contributed by atoms with E-state index in [0.717, 1.165) is 25.1 Å². The average Bonchev–Trinajstić information content (AvgIpc) is 2.38. The highest BCUT2D eigenvalue weighted by molar-refractivity contribution is 5.45. The van der Waals surface area contributed by atoms with Crippen molar-refractivity contribution in [2.75, 3.05) is 20.7 Å². The molecule has 1 aromatic carbocycles. The van der Waals surface area contributed by atoms with Crippen LogP contribution in [0.3, 0.4) is 0 Å². The summed E-state index contributed by atoms with van der Waals surface area (Å²) in [7, 11) is 3.81. The summed E-state index contributed by atoms with van der Waals surface area (Å²) in [6.07, 6.45) is 1.66. The van der Waals surface area contributed by atoms with Gasteiger partial charge in [-0.3, -0.25) is 0 Å². The third kappa shape index (κ3) is 1.50. The summed E-state index contributed by atoms with van der Waals surface area (Å²) in [5, 5.41) is 10.6. The smallest absolute Gasteiger partial charge is 0.119 e. The summed E-state index contributed by atoms with van der Waals surface area (Å²) < 4.78 is 5.33. The molecule has 1 aliphatic carbocycles. The van der Waals surface area contributed by atoms with Crippen LogP contribution in [0.1, 0.15) is 24.5 Å². The van der Waals surface area contributed by atoms with Gasteiger partial charge in [-0.2, -0.15) is 0 Å². The molecule has 3 rings (SSSR count). The molecule has 0 spiro atoms. The summed E-state index contributed by atoms with van der Waals surface area (Å²) in [6.45, 7) is 3.24. The quantitative estimate of drug-likeness (QED) is 0.817. The first kappa shape index (κ1) is 12.0. The predicted molar refractivity (Wildman–Crippen MR) is 71.1 cm³/mol. The summed E-state index contributed by atoms with van der Waals surface area (Å²) in [4.78, 5) is 2.29. The van der Waals surface area contributed by atoms with Gasteiger partial charge < -0.3 is 14.7 Å². The van der Waals surface area contributed by atoms with Crippen molar-refractivity contribution in [2.45, 2.75) is 37.3 Å². The predicted octanol–water partition coefficient (Wildman–Crippen LogP) is 1.57. The number of ether oxygens (including phenoxy) is 1. The van der Waals surface area contributed by atoms with E-state index in [4.69, 9.17) is 4.74 Å². The second kappa shape index (κ2) is 3.97. The van der Waals surface area contributed by atoms with Crippen LogP contribution in [0, 0.1) is 0 Å². The number of likely N-dealkylation sites (N-methyl/N-ethyl adjacent to an activating group) is 1. The summed E-state index contributed by atoms with van der Waals surface area (Å²) in [6, 6.07) is 6.55. The molecule has 0 radical (unpaired) electrons. The van der Waals surface area contributed by atoms with Gasteiger partial charge in [0.05, 0.1) is 13.2 Å². The number of benzene rings is 1. The maximum Gasteiger partial charge on any atom is 0.119 e. The van der Waals surface area contributed by atoms with Crippen LogP contribution in [-0.4, -0.2) is 42.9 Å². The normalized spacial score (nSPS) is 35.1. The Kier molecular flexibility index (Phi) is 2.65. The van der Waals surface area contributed by atoms with E-state index in [1.165, 1.54) is 11.1 Å². The van der Waals surface area contributed by atoms with Crippen molar-refractivity contribution < 1.29 is 9.84 Å². The molecule has 1 N–H and O–H groups in total. The zero-order valence-electron chi connectivity index (χ0n) is 11.3. The van der Waals surface area contributed by atoms with Crippen LogP contribution in [0.4, 0.5) is 0 Å². The fourth-order valence-electron chi connectivity index (χ4n) is 3.57. The lowest BCUT2D eigenvalue weighted by molar-refractivity contribution is -0.0407. The van der Waals surface area contributed by atoms with Crippen LogP contribution in [0.5, 0.6) is 5.75 Å². The molecular formula is C15H21NO2. The number of likely N-dealkylation sites (tertiary alicyclic amines) is 1. The van der Waals surface area contributed by atoms with Crippen LogP contribution in [0.15, 0.2) is 18.2 Å². The van der Waals surface area contributed by atoms with Crippen LogP contribution < -0.4 is 4.74 Å². The van der Waals surface area contributed by atoms with E-state index in [-0.39, 0.29) is 17.6 Å². The number of rotatable bonds is 1. The van der Waals surface area contributed by atoms with E-state index in [9.17, 15) is 5.11 Å². The Hall–Kier alpha value is -1.06. The van der Waals surface area contributed by atoms with Crippen molar-refractivity contribution in [2.24, 2.45) is 0 Å². The molecule has 0 saturated carbocycles. The standard InChI is InChI=1S/C15H21NO2/c1-15-6-7-16(2)13(14(15)17)8-10-4-5-11(18-3)9-12(10)15/h4-5,9,13-14,17H,6-8H2,1-3H3/t13?,14-,15-/m1/s1. The van der Waals surface area contributed by atoms with Crippen molar-refractivity contribution in [3.63, 3.8) is 0 Å². The largest absolute Gasteiger partial charge is 0.497 e. The zero-order valence-corrected chi connectivity index (χ0v) is 11.3. The number of hydrogen-bond donors (Lipinski definition) is 1. The van der Waals surface area contributed by atoms with E-state index >= 15 is 0 Å². The molecule has 3 nitrogen and oxygen atoms in total. The molecule has 3 heteroatoms. The van der Waals surface area contributed by atoms with Gasteiger partial charge >= 0.3 is 0 Å². The van der Waals surface area contributed by atoms with Crippen LogP contribution >= 0.6 is 0 Å². The molecule has 0 amide bonds. The molecule has 3 atom stereocenters. The highest BCUT2D eigenvalue weighted by Gasteiger charge is 2.49. The highest BCUT2D eigenvalue weighted by Crippen LogP contribution is 2.45. The van der Waals surface area contributed by atoms with Crippen molar-refractivity contribution in [3.8, 4) is 5.75 Å². The van der Waals surface area contributed by atoms with Gasteiger partial charge in [0.15, 0.2) is 0 Å². The zero-order chi connectivity index (χ0) is 12.9. The third-order valence-corrected chi connectivity index (χ3v) is 4.93. The lowest BCUT2D eigenvalue weighted by atomic mass is 9.63. The van der Waals surface area contributed by atoms with Gasteiger partial charge in [0, 0.05) is 11.5 Å². The molecule has 2 bridgehead atoms. The lowest BCUT2D eigenvalue weighted by Gasteiger charge is -2.52. The topological polar surface area (TPSA) is 32.7 Å². The number of hydrogen-bond acceptors (Lipinski definition) is 3. The van der Waals surface area contributed by atoms with Crippen LogP contribution in [-0.2, 0) is 11.8 Å². The Labute approximate surface area is 108 Å². The Morgan fingerprint density at radius 2 is 2.22 bits per heavy atom. The lowest BCUT2D eigenvalue weighted by Crippen LogP contribution is -2.61. The average molecular weight is 247 g/mol. The summed E-state index contributed by atoms with van der Waals surface area (Å²) >= 11 is 0. The van der Waals surface area contributed by atoms with Gasteiger partial charge in [-0.15, -0.1) is 0 Å². The second-order valence-electron chi connectivity index (χ2n) is 5.89. The molecule has 1 aromatic rings. The van der Waals surface area contributed by atoms with Crippen molar-refractivity contribution >= 4 is 0 Å². The fraction of sp³-hybridized carbons (Fsp3) is 0.600. The minimum absolute atomic E-state index is 0.126. The maximum atomic E-state index is 10.6. The molecule has 1 unspecified atom stereocenters. The molecule has 18 heavy (non-hydrogen) atoms. The summed E-state index contributed by atoms with van der Waals surface area (Å²) in [5.41, 5.74) is 2.51. The first-order valence-corrected chi connectivity index (χ1v) is 6.62. The van der Waals surface area contributed by atoms with E-state index in [1.807, 2.05) is 6.07 Å². The number of piperidine rings is 1. The first-order valence-electron chi connectivity index (χ1n) is 6.62. The summed E-state index contributed by atoms with van der Waals surface area (Å²) in [5.74, 6) is 0.888. The Morgan fingerprint density at radius 3 is 2.94 bits per heavy atom. The monoisotopic (exact) mass is 247 g/mol. The molecule has 1 heterocycles. The number of methoxy groups -OCH3 is 1. The Bertz CT molecular complexity index is 474. The number of nitrogens with zero attached hydrogens (tertiary/aromatic N) is 1. The highest BCUT2D eigenvalue weighted by atomic mass is 16.5. The first-order chi connectivity index (χ1) is 8.56.